The zero-order valence-electron chi connectivity index (χ0n) is 18.3. The van der Waals surface area contributed by atoms with Gasteiger partial charge in [-0.15, -0.1) is 0 Å². The molecule has 6 N–H and O–H groups in total. The molecule has 0 radical (unpaired) electrons. The number of halogens is 2. The van der Waals surface area contributed by atoms with Gasteiger partial charge in [0.1, 0.15) is 41.7 Å². The lowest BCUT2D eigenvalue weighted by atomic mass is 9.95. The van der Waals surface area contributed by atoms with E-state index in [1.807, 2.05) is 6.07 Å². The highest BCUT2D eigenvalue weighted by atomic mass is 79.9. The topological polar surface area (TPSA) is 167 Å². The van der Waals surface area contributed by atoms with Gasteiger partial charge in [-0.25, -0.2) is 14.4 Å². The Labute approximate surface area is 208 Å². The van der Waals surface area contributed by atoms with Crippen LogP contribution in [-0.4, -0.2) is 18.1 Å². The zero-order chi connectivity index (χ0) is 25.1. The fraction of sp³-hybridized carbons (Fsp3) is 0.130. The number of pyridine rings is 1. The standard InChI is InChI=1S/C23H18BrFN8O2/c1-34-16-7-12(6-15(24)20(16)35-9-11-3-2-4-13(25)5-11)19-17-18(28)14(8-26)21(29)32-22(17)33-23(31-19)30-10-27/h2-7,19H,9H2,1H3,(H6,28,29,30,31,32,33). The number of hydrogen-bond donors (Lipinski definition) is 4. The number of ether oxygens (including phenoxy) is 2. The van der Waals surface area contributed by atoms with Crippen molar-refractivity contribution in [2.45, 2.75) is 12.6 Å². The molecule has 0 aliphatic carbocycles. The third kappa shape index (κ3) is 4.60. The molecule has 1 aliphatic rings. The highest BCUT2D eigenvalue weighted by Crippen LogP contribution is 2.45. The second-order valence-corrected chi connectivity index (χ2v) is 8.21. The number of guanidine groups is 1. The van der Waals surface area contributed by atoms with Gasteiger partial charge in [0.15, 0.2) is 17.7 Å². The van der Waals surface area contributed by atoms with Gasteiger partial charge in [0, 0.05) is 5.56 Å². The Kier molecular flexibility index (Phi) is 6.57. The molecule has 1 aromatic heterocycles. The molecule has 0 saturated heterocycles. The largest absolute Gasteiger partial charge is 0.493 e. The molecule has 0 fully saturated rings. The number of anilines is 3. The van der Waals surface area contributed by atoms with E-state index in [-0.39, 0.29) is 41.3 Å². The van der Waals surface area contributed by atoms with Crippen LogP contribution in [0.5, 0.6) is 11.5 Å². The maximum atomic E-state index is 13.5. The molecule has 0 saturated carbocycles. The van der Waals surface area contributed by atoms with Crippen molar-refractivity contribution in [2.24, 2.45) is 4.99 Å². The lowest BCUT2D eigenvalue weighted by Gasteiger charge is -2.27. The van der Waals surface area contributed by atoms with E-state index in [0.29, 0.717) is 32.7 Å². The molecular formula is C23H18BrFN8O2. The van der Waals surface area contributed by atoms with Crippen LogP contribution in [0.2, 0.25) is 0 Å². The summed E-state index contributed by atoms with van der Waals surface area (Å²) in [5.74, 6) is 0.752. The number of nitrogen functional groups attached to an aromatic ring is 2. The number of nitrogens with one attached hydrogen (secondary N) is 2. The number of rotatable bonds is 5. The number of nitrogens with two attached hydrogens (primary N) is 2. The van der Waals surface area contributed by atoms with Crippen molar-refractivity contribution in [3.05, 3.63) is 68.9 Å². The average molecular weight is 537 g/mol. The minimum Gasteiger partial charge on any atom is -0.493 e. The Balaban J connectivity index is 1.78. The Morgan fingerprint density at radius 3 is 2.74 bits per heavy atom. The van der Waals surface area contributed by atoms with Crippen LogP contribution in [0.3, 0.4) is 0 Å². The Morgan fingerprint density at radius 1 is 1.26 bits per heavy atom. The quantitative estimate of drug-likeness (QED) is 0.281. The number of aliphatic imine (C=N–C) groups is 1. The smallest absolute Gasteiger partial charge is 0.211 e. The summed E-state index contributed by atoms with van der Waals surface area (Å²) in [6.45, 7) is 0.109. The van der Waals surface area contributed by atoms with Crippen molar-refractivity contribution in [1.29, 1.82) is 10.5 Å². The number of nitrogens with zero attached hydrogens (tertiary/aromatic N) is 4. The molecule has 10 nitrogen and oxygen atoms in total. The third-order valence-corrected chi connectivity index (χ3v) is 5.79. The summed E-state index contributed by atoms with van der Waals surface area (Å²) in [5, 5.41) is 23.9. The van der Waals surface area contributed by atoms with Crippen LogP contribution in [0.25, 0.3) is 0 Å². The van der Waals surface area contributed by atoms with Gasteiger partial charge in [-0.05, 0) is 51.3 Å². The minimum absolute atomic E-state index is 0.0310. The van der Waals surface area contributed by atoms with Gasteiger partial charge in [0.25, 0.3) is 0 Å². The lowest BCUT2D eigenvalue weighted by molar-refractivity contribution is 0.282. The normalized spacial score (nSPS) is 14.0. The number of nitriles is 2. The van der Waals surface area contributed by atoms with E-state index in [2.05, 4.69) is 36.5 Å². The van der Waals surface area contributed by atoms with Crippen LogP contribution in [0.1, 0.15) is 28.3 Å². The number of fused-ring (bicyclic) bond motifs is 1. The number of methoxy groups -OCH3 is 1. The number of aromatic nitrogens is 1. The van der Waals surface area contributed by atoms with Crippen LogP contribution in [0, 0.1) is 28.6 Å². The molecule has 12 heteroatoms. The Hall–Kier alpha value is -4.55. The van der Waals surface area contributed by atoms with Crippen LogP contribution >= 0.6 is 15.9 Å². The van der Waals surface area contributed by atoms with Crippen molar-refractivity contribution < 1.29 is 13.9 Å². The van der Waals surface area contributed by atoms with E-state index in [1.165, 1.54) is 19.2 Å². The molecular weight excluding hydrogens is 519 g/mol. The fourth-order valence-corrected chi connectivity index (χ4v) is 4.22. The van der Waals surface area contributed by atoms with Gasteiger partial charge in [0.05, 0.1) is 17.3 Å². The summed E-state index contributed by atoms with van der Waals surface area (Å²) in [4.78, 5) is 8.78. The van der Waals surface area contributed by atoms with Gasteiger partial charge in [-0.2, -0.15) is 10.5 Å². The van der Waals surface area contributed by atoms with E-state index in [0.717, 1.165) is 0 Å². The molecule has 4 rings (SSSR count). The third-order valence-electron chi connectivity index (χ3n) is 5.20. The predicted molar refractivity (Wildman–Crippen MR) is 131 cm³/mol. The fourth-order valence-electron chi connectivity index (χ4n) is 3.64. The van der Waals surface area contributed by atoms with E-state index in [1.54, 1.807) is 30.5 Å². The second-order valence-electron chi connectivity index (χ2n) is 7.35. The summed E-state index contributed by atoms with van der Waals surface area (Å²) in [6.07, 6.45) is 1.80. The van der Waals surface area contributed by atoms with Crippen molar-refractivity contribution >= 4 is 39.2 Å². The van der Waals surface area contributed by atoms with Gasteiger partial charge < -0.3 is 26.3 Å². The number of benzene rings is 2. The highest BCUT2D eigenvalue weighted by molar-refractivity contribution is 9.10. The van der Waals surface area contributed by atoms with E-state index in [9.17, 15) is 9.65 Å². The average Bonchev–Trinajstić information content (AvgIpc) is 2.82. The molecule has 35 heavy (non-hydrogen) atoms. The first-order chi connectivity index (χ1) is 16.9. The van der Waals surface area contributed by atoms with E-state index >= 15 is 0 Å². The van der Waals surface area contributed by atoms with E-state index < -0.39 is 6.04 Å². The predicted octanol–water partition coefficient (Wildman–Crippen LogP) is 3.55. The van der Waals surface area contributed by atoms with Crippen molar-refractivity contribution in [3.63, 3.8) is 0 Å². The molecule has 2 heterocycles. The summed E-state index contributed by atoms with van der Waals surface area (Å²) < 4.78 is 25.5. The molecule has 0 bridgehead atoms. The van der Waals surface area contributed by atoms with Crippen molar-refractivity contribution in [1.82, 2.24) is 10.3 Å². The lowest BCUT2D eigenvalue weighted by Crippen LogP contribution is -2.32. The molecule has 1 unspecified atom stereocenters. The first kappa shape index (κ1) is 23.6. The first-order valence-corrected chi connectivity index (χ1v) is 10.9. The Morgan fingerprint density at radius 2 is 2.06 bits per heavy atom. The molecule has 176 valence electrons. The first-order valence-electron chi connectivity index (χ1n) is 10.1. The number of hydrogen-bond acceptors (Lipinski definition) is 10. The molecule has 3 aromatic rings. The van der Waals surface area contributed by atoms with Crippen LogP contribution in [0.15, 0.2) is 45.9 Å². The second kappa shape index (κ2) is 9.75. The molecule has 0 amide bonds. The van der Waals surface area contributed by atoms with E-state index in [4.69, 9.17) is 26.2 Å². The minimum atomic E-state index is -0.759. The maximum absolute atomic E-state index is 13.5. The summed E-state index contributed by atoms with van der Waals surface area (Å²) in [7, 11) is 1.48. The van der Waals surface area contributed by atoms with Crippen molar-refractivity contribution in [2.75, 3.05) is 23.9 Å². The summed E-state index contributed by atoms with van der Waals surface area (Å²) in [6, 6.07) is 10.7. The molecule has 0 spiro atoms. The maximum Gasteiger partial charge on any atom is 0.211 e. The summed E-state index contributed by atoms with van der Waals surface area (Å²) in [5.41, 5.74) is 14.0. The van der Waals surface area contributed by atoms with Gasteiger partial charge in [-0.1, -0.05) is 12.1 Å². The molecule has 1 aliphatic heterocycles. The molecule has 1 atom stereocenters. The van der Waals surface area contributed by atoms with Crippen LogP contribution < -0.4 is 31.6 Å². The van der Waals surface area contributed by atoms with Crippen LogP contribution in [0.4, 0.5) is 21.7 Å². The van der Waals surface area contributed by atoms with Gasteiger partial charge in [0.2, 0.25) is 5.96 Å². The summed E-state index contributed by atoms with van der Waals surface area (Å²) >= 11 is 3.51. The monoisotopic (exact) mass is 536 g/mol. The van der Waals surface area contributed by atoms with Gasteiger partial charge in [-0.3, -0.25) is 5.32 Å². The van der Waals surface area contributed by atoms with Crippen molar-refractivity contribution in [3.8, 4) is 23.8 Å². The SMILES string of the molecule is COc1cc(C2N=C(NC#N)Nc3nc(N)c(C#N)c(N)c32)cc(Br)c1OCc1cccc(F)c1. The Bertz CT molecular complexity index is 1430. The highest BCUT2D eigenvalue weighted by Gasteiger charge is 2.31. The molecule has 2 aromatic carbocycles. The zero-order valence-corrected chi connectivity index (χ0v) is 19.9. The van der Waals surface area contributed by atoms with Crippen LogP contribution in [-0.2, 0) is 6.61 Å². The van der Waals surface area contributed by atoms with Gasteiger partial charge >= 0.3 is 0 Å².